The van der Waals surface area contributed by atoms with E-state index in [1.54, 1.807) is 12.1 Å². The molecule has 2 aromatic carbocycles. The molecular formula is C15H13BrClFO. The number of aliphatic hydroxyl groups is 1. The van der Waals surface area contributed by atoms with Gasteiger partial charge < -0.3 is 5.11 Å². The minimum atomic E-state index is -0.647. The van der Waals surface area contributed by atoms with Gasteiger partial charge in [-0.05, 0) is 29.7 Å². The van der Waals surface area contributed by atoms with Gasteiger partial charge in [0.25, 0.3) is 0 Å². The Kier molecular flexibility index (Phi) is 4.97. The van der Waals surface area contributed by atoms with Crippen LogP contribution in [0.3, 0.4) is 0 Å². The standard InChI is InChI=1S/C15H13BrClFO/c16-13-6-2-1-4-10(13)8-12(19)9-11-5-3-7-14(17)15(11)18/h1-7,12,19H,8-9H2. The molecule has 0 saturated heterocycles. The highest BCUT2D eigenvalue weighted by atomic mass is 79.9. The molecule has 0 radical (unpaired) electrons. The quantitative estimate of drug-likeness (QED) is 0.873. The van der Waals surface area contributed by atoms with Crippen molar-refractivity contribution in [3.63, 3.8) is 0 Å². The van der Waals surface area contributed by atoms with E-state index in [9.17, 15) is 9.50 Å². The molecule has 1 unspecified atom stereocenters. The number of benzene rings is 2. The van der Waals surface area contributed by atoms with Gasteiger partial charge in [0.2, 0.25) is 0 Å². The first kappa shape index (κ1) is 14.5. The van der Waals surface area contributed by atoms with Crippen molar-refractivity contribution in [2.24, 2.45) is 0 Å². The highest BCUT2D eigenvalue weighted by Crippen LogP contribution is 2.22. The van der Waals surface area contributed by atoms with Crippen molar-refractivity contribution in [1.82, 2.24) is 0 Å². The normalized spacial score (nSPS) is 12.4. The third-order valence-corrected chi connectivity index (χ3v) is 3.97. The largest absolute Gasteiger partial charge is 0.392 e. The van der Waals surface area contributed by atoms with E-state index in [1.165, 1.54) is 6.07 Å². The maximum Gasteiger partial charge on any atom is 0.145 e. The second-order valence-electron chi connectivity index (χ2n) is 4.37. The second-order valence-corrected chi connectivity index (χ2v) is 5.63. The van der Waals surface area contributed by atoms with E-state index in [0.29, 0.717) is 12.0 Å². The average molecular weight is 344 g/mol. The Balaban J connectivity index is 2.08. The van der Waals surface area contributed by atoms with Gasteiger partial charge in [-0.1, -0.05) is 57.9 Å². The van der Waals surface area contributed by atoms with Crippen LogP contribution in [0.4, 0.5) is 4.39 Å². The molecule has 19 heavy (non-hydrogen) atoms. The molecule has 1 atom stereocenters. The maximum absolute atomic E-state index is 13.7. The van der Waals surface area contributed by atoms with Crippen molar-refractivity contribution in [3.05, 3.63) is 68.9 Å². The molecule has 2 rings (SSSR count). The molecule has 0 aliphatic carbocycles. The average Bonchev–Trinajstić information content (AvgIpc) is 2.38. The zero-order valence-corrected chi connectivity index (χ0v) is 12.5. The molecule has 0 heterocycles. The SMILES string of the molecule is OC(Cc1ccccc1Br)Cc1cccc(Cl)c1F. The molecule has 0 spiro atoms. The number of hydrogen-bond acceptors (Lipinski definition) is 1. The number of hydrogen-bond donors (Lipinski definition) is 1. The molecule has 0 fully saturated rings. The molecule has 0 aliphatic heterocycles. The monoisotopic (exact) mass is 342 g/mol. The third-order valence-electron chi connectivity index (χ3n) is 2.90. The van der Waals surface area contributed by atoms with Crippen molar-refractivity contribution < 1.29 is 9.50 Å². The van der Waals surface area contributed by atoms with E-state index in [2.05, 4.69) is 15.9 Å². The van der Waals surface area contributed by atoms with Gasteiger partial charge in [0.15, 0.2) is 0 Å². The van der Waals surface area contributed by atoms with E-state index in [0.717, 1.165) is 10.0 Å². The molecule has 1 N–H and O–H groups in total. The Labute approximate surface area is 125 Å². The highest BCUT2D eigenvalue weighted by molar-refractivity contribution is 9.10. The maximum atomic E-state index is 13.7. The molecule has 4 heteroatoms. The lowest BCUT2D eigenvalue weighted by Gasteiger charge is -2.13. The Bertz CT molecular complexity index is 574. The van der Waals surface area contributed by atoms with Crippen LogP contribution in [0.1, 0.15) is 11.1 Å². The topological polar surface area (TPSA) is 20.2 Å². The number of rotatable bonds is 4. The first-order valence-corrected chi connectivity index (χ1v) is 7.09. The molecule has 0 bridgehead atoms. The first-order valence-electron chi connectivity index (χ1n) is 5.92. The summed E-state index contributed by atoms with van der Waals surface area (Å²) in [5.41, 5.74) is 1.43. The molecule has 0 aliphatic rings. The molecule has 0 amide bonds. The van der Waals surface area contributed by atoms with Gasteiger partial charge in [0.05, 0.1) is 11.1 Å². The molecule has 1 nitrogen and oxygen atoms in total. The summed E-state index contributed by atoms with van der Waals surface area (Å²) in [5, 5.41) is 10.2. The fourth-order valence-corrected chi connectivity index (χ4v) is 2.59. The van der Waals surface area contributed by atoms with Crippen molar-refractivity contribution in [2.45, 2.75) is 18.9 Å². The van der Waals surface area contributed by atoms with Crippen molar-refractivity contribution in [3.8, 4) is 0 Å². The predicted molar refractivity (Wildman–Crippen MR) is 79.0 cm³/mol. The number of aliphatic hydroxyl groups excluding tert-OH is 1. The van der Waals surface area contributed by atoms with Crippen LogP contribution in [0, 0.1) is 5.82 Å². The Morgan fingerprint density at radius 2 is 1.68 bits per heavy atom. The lowest BCUT2D eigenvalue weighted by molar-refractivity contribution is 0.174. The minimum Gasteiger partial charge on any atom is -0.392 e. The summed E-state index contributed by atoms with van der Waals surface area (Å²) in [5.74, 6) is -0.449. The van der Waals surface area contributed by atoms with Crippen LogP contribution in [-0.4, -0.2) is 11.2 Å². The van der Waals surface area contributed by atoms with E-state index < -0.39 is 11.9 Å². The van der Waals surface area contributed by atoms with Crippen LogP contribution in [0.5, 0.6) is 0 Å². The van der Waals surface area contributed by atoms with Gasteiger partial charge in [-0.3, -0.25) is 0 Å². The second kappa shape index (κ2) is 6.51. The summed E-state index contributed by atoms with van der Waals surface area (Å²) in [4.78, 5) is 0. The predicted octanol–water partition coefficient (Wildman–Crippen LogP) is 4.39. The summed E-state index contributed by atoms with van der Waals surface area (Å²) in [6.45, 7) is 0. The lowest BCUT2D eigenvalue weighted by atomic mass is 10.0. The smallest absolute Gasteiger partial charge is 0.145 e. The van der Waals surface area contributed by atoms with E-state index in [-0.39, 0.29) is 11.4 Å². The van der Waals surface area contributed by atoms with E-state index >= 15 is 0 Å². The fraction of sp³-hybridized carbons (Fsp3) is 0.200. The highest BCUT2D eigenvalue weighted by Gasteiger charge is 2.13. The van der Waals surface area contributed by atoms with Gasteiger partial charge >= 0.3 is 0 Å². The van der Waals surface area contributed by atoms with Crippen LogP contribution < -0.4 is 0 Å². The van der Waals surface area contributed by atoms with Crippen LogP contribution in [0.15, 0.2) is 46.9 Å². The Hall–Kier alpha value is -0.900. The summed E-state index contributed by atoms with van der Waals surface area (Å²) in [6, 6.07) is 12.5. The third kappa shape index (κ3) is 3.78. The Morgan fingerprint density at radius 1 is 1.05 bits per heavy atom. The number of halogens is 3. The summed E-state index contributed by atoms with van der Waals surface area (Å²) in [6.07, 6.45) is 0.0628. The van der Waals surface area contributed by atoms with E-state index in [4.69, 9.17) is 11.6 Å². The first-order chi connectivity index (χ1) is 9.08. The van der Waals surface area contributed by atoms with Crippen LogP contribution in [0.25, 0.3) is 0 Å². The van der Waals surface area contributed by atoms with Gasteiger partial charge in [-0.2, -0.15) is 0 Å². The lowest BCUT2D eigenvalue weighted by Crippen LogP contribution is -2.15. The van der Waals surface area contributed by atoms with E-state index in [1.807, 2.05) is 24.3 Å². The van der Waals surface area contributed by atoms with Crippen molar-refractivity contribution in [2.75, 3.05) is 0 Å². The summed E-state index contributed by atoms with van der Waals surface area (Å²) >= 11 is 9.15. The zero-order chi connectivity index (χ0) is 13.8. The summed E-state index contributed by atoms with van der Waals surface area (Å²) in [7, 11) is 0. The molecule has 0 saturated carbocycles. The van der Waals surface area contributed by atoms with Crippen LogP contribution in [-0.2, 0) is 12.8 Å². The molecular weight excluding hydrogens is 331 g/mol. The summed E-state index contributed by atoms with van der Waals surface area (Å²) < 4.78 is 14.7. The van der Waals surface area contributed by atoms with Crippen LogP contribution >= 0.6 is 27.5 Å². The van der Waals surface area contributed by atoms with Gasteiger partial charge in [0, 0.05) is 10.9 Å². The Morgan fingerprint density at radius 3 is 2.42 bits per heavy atom. The fourth-order valence-electron chi connectivity index (χ4n) is 1.95. The zero-order valence-electron chi connectivity index (χ0n) is 10.1. The minimum absolute atomic E-state index is 0.0885. The molecule has 0 aromatic heterocycles. The molecule has 2 aromatic rings. The van der Waals surface area contributed by atoms with Gasteiger partial charge in [0.1, 0.15) is 5.82 Å². The van der Waals surface area contributed by atoms with Gasteiger partial charge in [-0.15, -0.1) is 0 Å². The van der Waals surface area contributed by atoms with Crippen LogP contribution in [0.2, 0.25) is 5.02 Å². The molecule has 100 valence electrons. The van der Waals surface area contributed by atoms with Gasteiger partial charge in [-0.25, -0.2) is 4.39 Å². The van der Waals surface area contributed by atoms with Crippen molar-refractivity contribution in [1.29, 1.82) is 0 Å². The van der Waals surface area contributed by atoms with Crippen molar-refractivity contribution >= 4 is 27.5 Å².